The van der Waals surface area contributed by atoms with Crippen LogP contribution in [0.5, 0.6) is 11.5 Å². The van der Waals surface area contributed by atoms with Crippen molar-refractivity contribution in [1.82, 2.24) is 14.4 Å². The Morgan fingerprint density at radius 3 is 1.90 bits per heavy atom. The molecule has 4 aromatic rings. The van der Waals surface area contributed by atoms with E-state index in [1.165, 1.54) is 19.2 Å². The molecule has 7 nitrogen and oxygen atoms in total. The zero-order valence-corrected chi connectivity index (χ0v) is 23.1. The van der Waals surface area contributed by atoms with Gasteiger partial charge in [-0.25, -0.2) is 4.39 Å². The van der Waals surface area contributed by atoms with Crippen molar-refractivity contribution < 1.29 is 23.5 Å². The predicted molar refractivity (Wildman–Crippen MR) is 152 cm³/mol. The van der Waals surface area contributed by atoms with E-state index in [0.29, 0.717) is 48.8 Å². The third-order valence-electron chi connectivity index (χ3n) is 7.40. The molecular weight excluding hydrogens is 509 g/mol. The number of halogens is 1. The second-order valence-corrected chi connectivity index (χ2v) is 9.86. The lowest BCUT2D eigenvalue weighted by Crippen LogP contribution is -2.50. The molecule has 3 aromatic carbocycles. The van der Waals surface area contributed by atoms with Gasteiger partial charge in [-0.15, -0.1) is 0 Å². The number of ether oxygens (including phenoxy) is 2. The maximum atomic E-state index is 13.8. The molecule has 8 heteroatoms. The van der Waals surface area contributed by atoms with Crippen LogP contribution in [-0.2, 0) is 0 Å². The number of benzene rings is 3. The Hall–Kier alpha value is -4.59. The summed E-state index contributed by atoms with van der Waals surface area (Å²) in [5, 5.41) is 0. The highest BCUT2D eigenvalue weighted by molar-refractivity contribution is 5.99. The number of carbonyl (C=O) groups is 2. The van der Waals surface area contributed by atoms with E-state index in [4.69, 9.17) is 9.47 Å². The first kappa shape index (κ1) is 27.0. The molecule has 1 aromatic heterocycles. The van der Waals surface area contributed by atoms with E-state index in [1.54, 1.807) is 47.2 Å². The third kappa shape index (κ3) is 5.17. The Kier molecular flexibility index (Phi) is 7.60. The van der Waals surface area contributed by atoms with E-state index < -0.39 is 0 Å². The lowest BCUT2D eigenvalue weighted by atomic mass is 10.1. The minimum absolute atomic E-state index is 0.0964. The van der Waals surface area contributed by atoms with E-state index in [9.17, 15) is 14.0 Å². The summed E-state index contributed by atoms with van der Waals surface area (Å²) >= 11 is 0. The van der Waals surface area contributed by atoms with Crippen LogP contribution in [0, 0.1) is 19.7 Å². The standard InChI is InChI=1S/C32H32FN3O4/c1-21-5-11-25(12-6-21)36-22(2)28(20-29(36)23-7-9-24(33)10-8-23)32(38)35-17-15-34(16-18-35)31(37)27-14-13-26(39-3)19-30(27)40-4/h5-14,19-20H,15-18H2,1-4H3. The highest BCUT2D eigenvalue weighted by Crippen LogP contribution is 2.31. The third-order valence-corrected chi connectivity index (χ3v) is 7.40. The van der Waals surface area contributed by atoms with Crippen molar-refractivity contribution in [1.29, 1.82) is 0 Å². The minimum Gasteiger partial charge on any atom is -0.497 e. The number of aryl methyl sites for hydroxylation is 1. The van der Waals surface area contributed by atoms with Crippen LogP contribution in [0.15, 0.2) is 72.8 Å². The van der Waals surface area contributed by atoms with Crippen LogP contribution >= 0.6 is 0 Å². The van der Waals surface area contributed by atoms with Crippen molar-refractivity contribution >= 4 is 11.8 Å². The van der Waals surface area contributed by atoms with Crippen LogP contribution in [0.25, 0.3) is 16.9 Å². The van der Waals surface area contributed by atoms with Gasteiger partial charge in [-0.05, 0) is 74.0 Å². The summed E-state index contributed by atoms with van der Waals surface area (Å²) < 4.78 is 26.4. The molecule has 1 saturated heterocycles. The highest BCUT2D eigenvalue weighted by Gasteiger charge is 2.29. The van der Waals surface area contributed by atoms with Crippen molar-refractivity contribution in [2.24, 2.45) is 0 Å². The van der Waals surface area contributed by atoms with E-state index in [1.807, 2.05) is 48.7 Å². The van der Waals surface area contributed by atoms with Gasteiger partial charge in [0.25, 0.3) is 11.8 Å². The number of nitrogens with zero attached hydrogens (tertiary/aromatic N) is 3. The first-order valence-electron chi connectivity index (χ1n) is 13.2. The van der Waals surface area contributed by atoms with Gasteiger partial charge in [-0.2, -0.15) is 0 Å². The molecule has 0 radical (unpaired) electrons. The monoisotopic (exact) mass is 541 g/mol. The average molecular weight is 542 g/mol. The number of hydrogen-bond donors (Lipinski definition) is 0. The van der Waals surface area contributed by atoms with Gasteiger partial charge in [0.2, 0.25) is 0 Å². The molecule has 0 saturated carbocycles. The number of aromatic nitrogens is 1. The van der Waals surface area contributed by atoms with Crippen LogP contribution in [0.1, 0.15) is 32.0 Å². The number of piperazine rings is 1. The van der Waals surface area contributed by atoms with Crippen LogP contribution in [0.2, 0.25) is 0 Å². The van der Waals surface area contributed by atoms with Crippen molar-refractivity contribution in [3.05, 3.63) is 101 Å². The zero-order valence-electron chi connectivity index (χ0n) is 23.1. The Labute approximate surface area is 233 Å². The normalized spacial score (nSPS) is 13.3. The Balaban J connectivity index is 1.39. The lowest BCUT2D eigenvalue weighted by molar-refractivity contribution is 0.0533. The van der Waals surface area contributed by atoms with Crippen LogP contribution in [-0.4, -0.2) is 66.6 Å². The molecule has 1 aliphatic rings. The van der Waals surface area contributed by atoms with Crippen molar-refractivity contribution in [2.75, 3.05) is 40.4 Å². The molecule has 2 amide bonds. The van der Waals surface area contributed by atoms with Crippen molar-refractivity contribution in [3.8, 4) is 28.4 Å². The second-order valence-electron chi connectivity index (χ2n) is 9.86. The maximum absolute atomic E-state index is 13.8. The molecule has 206 valence electrons. The molecule has 0 bridgehead atoms. The fraction of sp³-hybridized carbons (Fsp3) is 0.250. The highest BCUT2D eigenvalue weighted by atomic mass is 19.1. The number of rotatable bonds is 6. The second kappa shape index (κ2) is 11.3. The van der Waals surface area contributed by atoms with Gasteiger partial charge in [-0.1, -0.05) is 17.7 Å². The maximum Gasteiger partial charge on any atom is 0.257 e. The quantitative estimate of drug-likeness (QED) is 0.323. The van der Waals surface area contributed by atoms with Crippen LogP contribution < -0.4 is 9.47 Å². The van der Waals surface area contributed by atoms with Gasteiger partial charge in [0.1, 0.15) is 17.3 Å². The molecule has 0 aliphatic carbocycles. The van der Waals surface area contributed by atoms with Crippen LogP contribution in [0.4, 0.5) is 4.39 Å². The molecule has 0 spiro atoms. The van der Waals surface area contributed by atoms with E-state index >= 15 is 0 Å². The smallest absolute Gasteiger partial charge is 0.257 e. The van der Waals surface area contributed by atoms with Gasteiger partial charge in [0, 0.05) is 43.6 Å². The van der Waals surface area contributed by atoms with Gasteiger partial charge in [0.15, 0.2) is 0 Å². The first-order chi connectivity index (χ1) is 19.3. The molecular formula is C32H32FN3O4. The molecule has 2 heterocycles. The van der Waals surface area contributed by atoms with E-state index in [0.717, 1.165) is 28.2 Å². The molecule has 5 rings (SSSR count). The molecule has 0 N–H and O–H groups in total. The van der Waals surface area contributed by atoms with Crippen LogP contribution in [0.3, 0.4) is 0 Å². The average Bonchev–Trinajstić information content (AvgIpc) is 3.33. The number of methoxy groups -OCH3 is 2. The summed E-state index contributed by atoms with van der Waals surface area (Å²) in [5.74, 6) is 0.499. The fourth-order valence-electron chi connectivity index (χ4n) is 5.11. The largest absolute Gasteiger partial charge is 0.497 e. The SMILES string of the molecule is COc1ccc(C(=O)N2CCN(C(=O)c3cc(-c4ccc(F)cc4)n(-c4ccc(C)cc4)c3C)CC2)c(OC)c1. The predicted octanol–water partition coefficient (Wildman–Crippen LogP) is 5.52. The van der Waals surface area contributed by atoms with Gasteiger partial charge >= 0.3 is 0 Å². The Morgan fingerprint density at radius 2 is 1.32 bits per heavy atom. The molecule has 1 fully saturated rings. The summed E-state index contributed by atoms with van der Waals surface area (Å²) in [5.41, 5.74) is 5.51. The number of carbonyl (C=O) groups excluding carboxylic acids is 2. The molecule has 40 heavy (non-hydrogen) atoms. The zero-order chi connectivity index (χ0) is 28.4. The Bertz CT molecular complexity index is 1540. The fourth-order valence-corrected chi connectivity index (χ4v) is 5.11. The number of hydrogen-bond acceptors (Lipinski definition) is 4. The summed E-state index contributed by atoms with van der Waals surface area (Å²) in [6, 6.07) is 21.4. The minimum atomic E-state index is -0.315. The van der Waals surface area contributed by atoms with Crippen molar-refractivity contribution in [2.45, 2.75) is 13.8 Å². The summed E-state index contributed by atoms with van der Waals surface area (Å²) in [4.78, 5) is 30.6. The molecule has 1 aliphatic heterocycles. The molecule has 0 atom stereocenters. The summed E-state index contributed by atoms with van der Waals surface area (Å²) in [7, 11) is 3.08. The van der Waals surface area contributed by atoms with E-state index in [2.05, 4.69) is 0 Å². The van der Waals surface area contributed by atoms with Gasteiger partial charge in [0.05, 0.1) is 31.0 Å². The molecule has 0 unspecified atom stereocenters. The topological polar surface area (TPSA) is 64.0 Å². The number of amides is 2. The van der Waals surface area contributed by atoms with Crippen molar-refractivity contribution in [3.63, 3.8) is 0 Å². The Morgan fingerprint density at radius 1 is 0.725 bits per heavy atom. The summed E-state index contributed by atoms with van der Waals surface area (Å²) in [6.45, 7) is 5.58. The van der Waals surface area contributed by atoms with Gasteiger partial charge in [-0.3, -0.25) is 9.59 Å². The van der Waals surface area contributed by atoms with E-state index in [-0.39, 0.29) is 17.6 Å². The first-order valence-corrected chi connectivity index (χ1v) is 13.2. The lowest BCUT2D eigenvalue weighted by Gasteiger charge is -2.35. The van der Waals surface area contributed by atoms with Gasteiger partial charge < -0.3 is 23.8 Å². The summed E-state index contributed by atoms with van der Waals surface area (Å²) in [6.07, 6.45) is 0.